The smallest absolute Gasteiger partial charge is 0.276 e. The van der Waals surface area contributed by atoms with Gasteiger partial charge in [0.05, 0.1) is 0 Å². The van der Waals surface area contributed by atoms with Crippen LogP contribution in [0.15, 0.2) is 42.5 Å². The molecule has 2 N–H and O–H groups in total. The Morgan fingerprint density at radius 2 is 2.00 bits per heavy atom. The number of hydrogen-bond donors (Lipinski definition) is 1. The highest BCUT2D eigenvalue weighted by Crippen LogP contribution is 2.28. The SMILES string of the molecule is Nc1cccc(C(=O)N2CCc3ccccc32)n1. The minimum atomic E-state index is -0.0905. The van der Waals surface area contributed by atoms with Crippen molar-refractivity contribution in [1.29, 1.82) is 0 Å². The molecular formula is C14H13N3O. The zero-order valence-electron chi connectivity index (χ0n) is 9.84. The number of aromatic nitrogens is 1. The van der Waals surface area contributed by atoms with Crippen molar-refractivity contribution >= 4 is 17.4 Å². The van der Waals surface area contributed by atoms with Gasteiger partial charge in [-0.15, -0.1) is 0 Å². The van der Waals surface area contributed by atoms with Gasteiger partial charge < -0.3 is 10.6 Å². The van der Waals surface area contributed by atoms with E-state index >= 15 is 0 Å². The van der Waals surface area contributed by atoms with E-state index in [0.717, 1.165) is 12.1 Å². The van der Waals surface area contributed by atoms with Gasteiger partial charge in [0.2, 0.25) is 0 Å². The van der Waals surface area contributed by atoms with Crippen LogP contribution in [-0.2, 0) is 6.42 Å². The summed E-state index contributed by atoms with van der Waals surface area (Å²) in [5, 5.41) is 0. The van der Waals surface area contributed by atoms with E-state index in [-0.39, 0.29) is 5.91 Å². The van der Waals surface area contributed by atoms with Gasteiger partial charge in [-0.05, 0) is 30.2 Å². The zero-order valence-corrected chi connectivity index (χ0v) is 9.84. The van der Waals surface area contributed by atoms with Crippen molar-refractivity contribution in [3.05, 3.63) is 53.7 Å². The average Bonchev–Trinajstić information content (AvgIpc) is 2.82. The standard InChI is InChI=1S/C14H13N3O/c15-13-7-3-5-11(16-13)14(18)17-9-8-10-4-1-2-6-12(10)17/h1-7H,8-9H2,(H2,15,16). The summed E-state index contributed by atoms with van der Waals surface area (Å²) in [5.41, 5.74) is 8.18. The Morgan fingerprint density at radius 1 is 1.17 bits per heavy atom. The summed E-state index contributed by atoms with van der Waals surface area (Å²) in [6.45, 7) is 0.703. The normalized spacial score (nSPS) is 13.4. The Kier molecular flexibility index (Phi) is 2.48. The number of nitrogen functional groups attached to an aromatic ring is 1. The molecule has 1 aromatic carbocycles. The molecule has 3 rings (SSSR count). The summed E-state index contributed by atoms with van der Waals surface area (Å²) in [7, 11) is 0. The summed E-state index contributed by atoms with van der Waals surface area (Å²) in [6.07, 6.45) is 0.893. The van der Waals surface area contributed by atoms with Crippen LogP contribution in [0.25, 0.3) is 0 Å². The molecule has 0 radical (unpaired) electrons. The van der Waals surface area contributed by atoms with Gasteiger partial charge >= 0.3 is 0 Å². The van der Waals surface area contributed by atoms with Crippen LogP contribution in [0, 0.1) is 0 Å². The largest absolute Gasteiger partial charge is 0.384 e. The molecule has 0 aliphatic carbocycles. The lowest BCUT2D eigenvalue weighted by Gasteiger charge is -2.16. The molecule has 18 heavy (non-hydrogen) atoms. The van der Waals surface area contributed by atoms with E-state index in [2.05, 4.69) is 11.1 Å². The van der Waals surface area contributed by atoms with Gasteiger partial charge in [0.25, 0.3) is 5.91 Å². The topological polar surface area (TPSA) is 59.2 Å². The highest BCUT2D eigenvalue weighted by Gasteiger charge is 2.25. The van der Waals surface area contributed by atoms with Crippen LogP contribution in [0.1, 0.15) is 16.1 Å². The molecule has 4 nitrogen and oxygen atoms in total. The first kappa shape index (κ1) is 10.8. The van der Waals surface area contributed by atoms with E-state index in [9.17, 15) is 4.79 Å². The number of rotatable bonds is 1. The van der Waals surface area contributed by atoms with Crippen LogP contribution in [0.2, 0.25) is 0 Å². The number of benzene rings is 1. The molecule has 0 unspecified atom stereocenters. The van der Waals surface area contributed by atoms with E-state index in [4.69, 9.17) is 5.73 Å². The molecule has 0 atom stereocenters. The predicted molar refractivity (Wildman–Crippen MR) is 70.5 cm³/mol. The Balaban J connectivity index is 1.96. The lowest BCUT2D eigenvalue weighted by atomic mass is 10.2. The Hall–Kier alpha value is -2.36. The minimum absolute atomic E-state index is 0.0905. The van der Waals surface area contributed by atoms with Gasteiger partial charge in [0.15, 0.2) is 0 Å². The molecular weight excluding hydrogens is 226 g/mol. The van der Waals surface area contributed by atoms with Crippen LogP contribution in [0.3, 0.4) is 0 Å². The molecule has 0 saturated heterocycles. The Morgan fingerprint density at radius 3 is 2.83 bits per heavy atom. The molecule has 1 amide bonds. The van der Waals surface area contributed by atoms with Gasteiger partial charge in [-0.3, -0.25) is 4.79 Å². The van der Waals surface area contributed by atoms with Crippen LogP contribution in [0.4, 0.5) is 11.5 Å². The highest BCUT2D eigenvalue weighted by atomic mass is 16.2. The molecule has 1 aromatic heterocycles. The Bertz CT molecular complexity index is 609. The first-order valence-electron chi connectivity index (χ1n) is 5.88. The van der Waals surface area contributed by atoms with Gasteiger partial charge in [-0.2, -0.15) is 0 Å². The van der Waals surface area contributed by atoms with Crippen molar-refractivity contribution in [2.45, 2.75) is 6.42 Å². The number of amides is 1. The maximum Gasteiger partial charge on any atom is 0.276 e. The van der Waals surface area contributed by atoms with Crippen molar-refractivity contribution in [2.24, 2.45) is 0 Å². The number of carbonyl (C=O) groups is 1. The molecule has 0 saturated carbocycles. The zero-order chi connectivity index (χ0) is 12.5. The number of para-hydroxylation sites is 1. The van der Waals surface area contributed by atoms with Crippen LogP contribution >= 0.6 is 0 Å². The molecule has 0 spiro atoms. The molecule has 0 fully saturated rings. The third-order valence-electron chi connectivity index (χ3n) is 3.12. The lowest BCUT2D eigenvalue weighted by Crippen LogP contribution is -2.29. The quantitative estimate of drug-likeness (QED) is 0.826. The fourth-order valence-electron chi connectivity index (χ4n) is 2.26. The summed E-state index contributed by atoms with van der Waals surface area (Å²) in [4.78, 5) is 18.2. The number of fused-ring (bicyclic) bond motifs is 1. The first-order chi connectivity index (χ1) is 8.75. The van der Waals surface area contributed by atoms with Crippen LogP contribution in [0.5, 0.6) is 0 Å². The van der Waals surface area contributed by atoms with Gasteiger partial charge in [0.1, 0.15) is 11.5 Å². The monoisotopic (exact) mass is 239 g/mol. The number of hydrogen-bond acceptors (Lipinski definition) is 3. The maximum absolute atomic E-state index is 12.4. The van der Waals surface area contributed by atoms with Crippen LogP contribution < -0.4 is 10.6 Å². The van der Waals surface area contributed by atoms with E-state index < -0.39 is 0 Å². The number of carbonyl (C=O) groups excluding carboxylic acids is 1. The predicted octanol–water partition coefficient (Wildman–Crippen LogP) is 1.87. The van der Waals surface area contributed by atoms with Gasteiger partial charge in [-0.25, -0.2) is 4.98 Å². The first-order valence-corrected chi connectivity index (χ1v) is 5.88. The minimum Gasteiger partial charge on any atom is -0.384 e. The highest BCUT2D eigenvalue weighted by molar-refractivity contribution is 6.06. The third-order valence-corrected chi connectivity index (χ3v) is 3.12. The fourth-order valence-corrected chi connectivity index (χ4v) is 2.26. The van der Waals surface area contributed by atoms with Gasteiger partial charge in [0, 0.05) is 12.2 Å². The van der Waals surface area contributed by atoms with Crippen molar-refractivity contribution < 1.29 is 4.79 Å². The molecule has 1 aliphatic heterocycles. The van der Waals surface area contributed by atoms with E-state index in [1.165, 1.54) is 5.56 Å². The molecule has 2 aromatic rings. The van der Waals surface area contributed by atoms with E-state index in [0.29, 0.717) is 18.1 Å². The van der Waals surface area contributed by atoms with E-state index in [1.807, 2.05) is 18.2 Å². The number of pyridine rings is 1. The average molecular weight is 239 g/mol. The maximum atomic E-state index is 12.4. The fraction of sp³-hybridized carbons (Fsp3) is 0.143. The van der Waals surface area contributed by atoms with Gasteiger partial charge in [-0.1, -0.05) is 24.3 Å². The van der Waals surface area contributed by atoms with Crippen molar-refractivity contribution in [1.82, 2.24) is 4.98 Å². The lowest BCUT2D eigenvalue weighted by molar-refractivity contribution is 0.0985. The molecule has 0 bridgehead atoms. The number of nitrogens with zero attached hydrogens (tertiary/aromatic N) is 2. The van der Waals surface area contributed by atoms with E-state index in [1.54, 1.807) is 23.1 Å². The summed E-state index contributed by atoms with van der Waals surface area (Å²) < 4.78 is 0. The number of anilines is 2. The Labute approximate surface area is 105 Å². The molecule has 90 valence electrons. The second-order valence-electron chi connectivity index (χ2n) is 4.28. The summed E-state index contributed by atoms with van der Waals surface area (Å²) in [6, 6.07) is 13.1. The molecule has 1 aliphatic rings. The second kappa shape index (κ2) is 4.14. The van der Waals surface area contributed by atoms with Crippen LogP contribution in [-0.4, -0.2) is 17.4 Å². The summed E-state index contributed by atoms with van der Waals surface area (Å²) >= 11 is 0. The number of nitrogens with two attached hydrogens (primary N) is 1. The van der Waals surface area contributed by atoms with Crippen molar-refractivity contribution in [3.63, 3.8) is 0 Å². The molecule has 4 heteroatoms. The van der Waals surface area contributed by atoms with Crippen molar-refractivity contribution in [2.75, 3.05) is 17.2 Å². The molecule has 2 heterocycles. The second-order valence-corrected chi connectivity index (χ2v) is 4.28. The third kappa shape index (κ3) is 1.72. The van der Waals surface area contributed by atoms with Crippen molar-refractivity contribution in [3.8, 4) is 0 Å². The summed E-state index contributed by atoms with van der Waals surface area (Å²) in [5.74, 6) is 0.278.